The van der Waals surface area contributed by atoms with Crippen molar-refractivity contribution in [2.75, 3.05) is 26.4 Å². The predicted octanol–water partition coefficient (Wildman–Crippen LogP) is 2.88. The summed E-state index contributed by atoms with van der Waals surface area (Å²) < 4.78 is 56.3. The number of halogens is 3. The largest absolute Gasteiger partial charge is 0.490 e. The average molecular weight is 372 g/mol. The minimum Gasteiger partial charge on any atom is -0.461 e. The van der Waals surface area contributed by atoms with Crippen LogP contribution in [0.1, 0.15) is 41.0 Å². The molecule has 0 saturated carbocycles. The Labute approximate surface area is 145 Å². The Kier molecular flexibility index (Phi) is 10.0. The van der Waals surface area contributed by atoms with Gasteiger partial charge in [0, 0.05) is 12.5 Å². The van der Waals surface area contributed by atoms with Gasteiger partial charge in [-0.2, -0.15) is 13.2 Å². The highest BCUT2D eigenvalue weighted by Crippen LogP contribution is 2.20. The van der Waals surface area contributed by atoms with Gasteiger partial charge in [-0.05, 0) is 27.2 Å². The number of ether oxygens (including phenoxy) is 4. The first kappa shape index (κ1) is 23.6. The lowest BCUT2D eigenvalue weighted by molar-refractivity contribution is -0.202. The van der Waals surface area contributed by atoms with Crippen LogP contribution in [0.2, 0.25) is 0 Å². The van der Waals surface area contributed by atoms with Crippen molar-refractivity contribution in [1.82, 2.24) is 0 Å². The Balaban J connectivity index is 4.40. The highest BCUT2D eigenvalue weighted by Gasteiger charge is 2.41. The zero-order chi connectivity index (χ0) is 19.7. The van der Waals surface area contributed by atoms with Crippen molar-refractivity contribution in [1.29, 1.82) is 0 Å². The van der Waals surface area contributed by atoms with Crippen LogP contribution < -0.4 is 0 Å². The van der Waals surface area contributed by atoms with Crippen LogP contribution in [-0.2, 0) is 28.5 Å². The molecule has 0 N–H and O–H groups in total. The number of hydrogen-bond donors (Lipinski definition) is 0. The minimum atomic E-state index is -5.03. The van der Waals surface area contributed by atoms with Crippen molar-refractivity contribution < 1.29 is 41.7 Å². The normalized spacial score (nSPS) is 16.6. The van der Waals surface area contributed by atoms with E-state index in [1.54, 1.807) is 20.8 Å². The van der Waals surface area contributed by atoms with Gasteiger partial charge in [-0.1, -0.05) is 13.8 Å². The molecular weight excluding hydrogens is 345 g/mol. The molecule has 0 saturated heterocycles. The van der Waals surface area contributed by atoms with Gasteiger partial charge < -0.3 is 18.9 Å². The molecule has 6 nitrogen and oxygen atoms in total. The molecule has 3 atom stereocenters. The number of alkyl halides is 3. The van der Waals surface area contributed by atoms with Crippen molar-refractivity contribution in [3.05, 3.63) is 0 Å². The van der Waals surface area contributed by atoms with Gasteiger partial charge in [-0.3, -0.25) is 0 Å². The third kappa shape index (κ3) is 9.06. The fraction of sp³-hybridized carbons (Fsp3) is 0.875. The number of rotatable bonds is 11. The van der Waals surface area contributed by atoms with Crippen molar-refractivity contribution in [3.63, 3.8) is 0 Å². The molecule has 9 heteroatoms. The standard InChI is InChI=1S/C16H27F3O6/c1-6-15(5,13(20)24-10-12(4)22-7-2)25-9-11(3)8-23-14(21)16(17,18)19/h11-12H,6-10H2,1-5H3. The van der Waals surface area contributed by atoms with E-state index in [9.17, 15) is 22.8 Å². The number of esters is 2. The van der Waals surface area contributed by atoms with E-state index in [4.69, 9.17) is 14.2 Å². The molecule has 3 unspecified atom stereocenters. The molecule has 0 aromatic rings. The van der Waals surface area contributed by atoms with Gasteiger partial charge in [-0.25, -0.2) is 9.59 Å². The smallest absolute Gasteiger partial charge is 0.461 e. The molecule has 0 rings (SSSR count). The van der Waals surface area contributed by atoms with E-state index in [2.05, 4.69) is 4.74 Å². The van der Waals surface area contributed by atoms with Gasteiger partial charge in [-0.15, -0.1) is 0 Å². The summed E-state index contributed by atoms with van der Waals surface area (Å²) in [6, 6.07) is 0. The molecule has 0 aliphatic rings. The maximum absolute atomic E-state index is 12.2. The van der Waals surface area contributed by atoms with Crippen LogP contribution >= 0.6 is 0 Å². The second kappa shape index (κ2) is 10.6. The molecule has 25 heavy (non-hydrogen) atoms. The first-order valence-corrected chi connectivity index (χ1v) is 8.13. The van der Waals surface area contributed by atoms with E-state index < -0.39 is 36.2 Å². The maximum Gasteiger partial charge on any atom is 0.490 e. The molecule has 0 bridgehead atoms. The summed E-state index contributed by atoms with van der Waals surface area (Å²) in [6.07, 6.45) is -4.97. The van der Waals surface area contributed by atoms with Gasteiger partial charge in [0.2, 0.25) is 0 Å². The van der Waals surface area contributed by atoms with Crippen LogP contribution in [0.4, 0.5) is 13.2 Å². The zero-order valence-corrected chi connectivity index (χ0v) is 15.3. The fourth-order valence-electron chi connectivity index (χ4n) is 1.66. The fourth-order valence-corrected chi connectivity index (χ4v) is 1.66. The molecule has 0 aliphatic carbocycles. The lowest BCUT2D eigenvalue weighted by atomic mass is 10.0. The van der Waals surface area contributed by atoms with E-state index in [-0.39, 0.29) is 19.3 Å². The number of hydrogen-bond acceptors (Lipinski definition) is 6. The molecular formula is C16H27F3O6. The SMILES string of the molecule is CCOC(C)COC(=O)C(C)(CC)OCC(C)COC(=O)C(F)(F)F. The highest BCUT2D eigenvalue weighted by atomic mass is 19.4. The Morgan fingerprint density at radius 3 is 2.00 bits per heavy atom. The minimum absolute atomic E-state index is 0.0639. The topological polar surface area (TPSA) is 71.1 Å². The molecule has 148 valence electrons. The predicted molar refractivity (Wildman–Crippen MR) is 82.9 cm³/mol. The van der Waals surface area contributed by atoms with Crippen molar-refractivity contribution >= 4 is 11.9 Å². The third-order valence-electron chi connectivity index (χ3n) is 3.42. The van der Waals surface area contributed by atoms with Gasteiger partial charge in [0.15, 0.2) is 5.60 Å². The second-order valence-electron chi connectivity index (χ2n) is 5.96. The summed E-state index contributed by atoms with van der Waals surface area (Å²) in [6.45, 7) is 8.43. The molecule has 0 amide bonds. The first-order chi connectivity index (χ1) is 11.5. The average Bonchev–Trinajstić information content (AvgIpc) is 2.54. The molecule has 0 spiro atoms. The first-order valence-electron chi connectivity index (χ1n) is 8.13. The van der Waals surface area contributed by atoms with Crippen LogP contribution in [0.3, 0.4) is 0 Å². The Morgan fingerprint density at radius 2 is 1.52 bits per heavy atom. The van der Waals surface area contributed by atoms with Gasteiger partial charge >= 0.3 is 18.1 Å². The summed E-state index contributed by atoms with van der Waals surface area (Å²) in [5, 5.41) is 0. The zero-order valence-electron chi connectivity index (χ0n) is 15.3. The lowest BCUT2D eigenvalue weighted by Crippen LogP contribution is -2.42. The van der Waals surface area contributed by atoms with Crippen LogP contribution in [0, 0.1) is 5.92 Å². The molecule has 0 aliphatic heterocycles. The van der Waals surface area contributed by atoms with Crippen LogP contribution in [0.5, 0.6) is 0 Å². The summed E-state index contributed by atoms with van der Waals surface area (Å²) in [7, 11) is 0. The third-order valence-corrected chi connectivity index (χ3v) is 3.42. The number of carbonyl (C=O) groups excluding carboxylic acids is 2. The van der Waals surface area contributed by atoms with E-state index in [0.717, 1.165) is 0 Å². The summed E-state index contributed by atoms with van der Waals surface area (Å²) in [4.78, 5) is 22.8. The summed E-state index contributed by atoms with van der Waals surface area (Å²) >= 11 is 0. The van der Waals surface area contributed by atoms with E-state index in [1.807, 2.05) is 6.92 Å². The van der Waals surface area contributed by atoms with Crippen LogP contribution in [0.15, 0.2) is 0 Å². The molecule has 0 aromatic heterocycles. The van der Waals surface area contributed by atoms with Crippen LogP contribution in [0.25, 0.3) is 0 Å². The van der Waals surface area contributed by atoms with Gasteiger partial charge in [0.25, 0.3) is 0 Å². The maximum atomic E-state index is 12.2. The lowest BCUT2D eigenvalue weighted by Gasteiger charge is -2.28. The second-order valence-corrected chi connectivity index (χ2v) is 5.96. The van der Waals surface area contributed by atoms with Gasteiger partial charge in [0.1, 0.15) is 6.61 Å². The summed E-state index contributed by atoms with van der Waals surface area (Å²) in [5.41, 5.74) is -1.24. The molecule has 0 heterocycles. The van der Waals surface area contributed by atoms with E-state index in [1.165, 1.54) is 6.92 Å². The van der Waals surface area contributed by atoms with E-state index in [0.29, 0.717) is 13.0 Å². The van der Waals surface area contributed by atoms with Crippen LogP contribution in [-0.4, -0.2) is 56.2 Å². The quantitative estimate of drug-likeness (QED) is 0.520. The number of carbonyl (C=O) groups is 2. The van der Waals surface area contributed by atoms with Gasteiger partial charge in [0.05, 0.1) is 19.3 Å². The van der Waals surface area contributed by atoms with Crippen molar-refractivity contribution in [2.45, 2.75) is 58.9 Å². The highest BCUT2D eigenvalue weighted by molar-refractivity contribution is 5.79. The Bertz CT molecular complexity index is 427. The molecule has 0 fully saturated rings. The molecule has 0 aromatic carbocycles. The monoisotopic (exact) mass is 372 g/mol. The van der Waals surface area contributed by atoms with Crippen molar-refractivity contribution in [3.8, 4) is 0 Å². The Morgan fingerprint density at radius 1 is 0.960 bits per heavy atom. The van der Waals surface area contributed by atoms with E-state index >= 15 is 0 Å². The summed E-state index contributed by atoms with van der Waals surface area (Å²) in [5.74, 6) is -3.35. The van der Waals surface area contributed by atoms with Crippen molar-refractivity contribution in [2.24, 2.45) is 5.92 Å². The molecule has 0 radical (unpaired) electrons. The Hall–Kier alpha value is -1.35.